The monoisotopic (exact) mass is 238 g/mol. The maximum absolute atomic E-state index is 13.2. The number of piperidine rings is 1. The van der Waals surface area contributed by atoms with E-state index in [4.69, 9.17) is 0 Å². The molecule has 4 heteroatoms. The molecule has 2 aliphatic rings. The number of hydrogen-bond acceptors (Lipinski definition) is 2. The topological polar surface area (TPSA) is 16.1 Å². The van der Waals surface area contributed by atoms with Gasteiger partial charge in [0, 0.05) is 31.1 Å². The third-order valence-electron chi connectivity index (χ3n) is 4.15. The fourth-order valence-electron chi connectivity index (χ4n) is 2.73. The first-order chi connectivity index (χ1) is 8.02. The summed E-state index contributed by atoms with van der Waals surface area (Å²) in [5, 5.41) is 0. The summed E-state index contributed by atoms with van der Waals surface area (Å²) >= 11 is 0. The predicted molar refractivity (Wildman–Crippen MR) is 62.4 cm³/mol. The van der Waals surface area contributed by atoms with E-state index in [0.717, 1.165) is 11.4 Å². The van der Waals surface area contributed by atoms with Crippen molar-refractivity contribution >= 4 is 5.82 Å². The van der Waals surface area contributed by atoms with Crippen LogP contribution in [-0.4, -0.2) is 24.0 Å². The van der Waals surface area contributed by atoms with Gasteiger partial charge in [-0.3, -0.25) is 0 Å². The van der Waals surface area contributed by atoms with Crippen LogP contribution < -0.4 is 4.90 Å². The molecule has 0 N–H and O–H groups in total. The normalized spacial score (nSPS) is 25.0. The second-order valence-corrected chi connectivity index (χ2v) is 5.34. The maximum Gasteiger partial charge on any atom is 0.254 e. The first-order valence-electron chi connectivity index (χ1n) is 6.08. The quantitative estimate of drug-likeness (QED) is 0.747. The molecule has 1 aliphatic carbocycles. The van der Waals surface area contributed by atoms with E-state index in [1.54, 1.807) is 0 Å². The van der Waals surface area contributed by atoms with Crippen molar-refractivity contribution in [2.24, 2.45) is 5.41 Å². The van der Waals surface area contributed by atoms with Gasteiger partial charge < -0.3 is 4.90 Å². The Labute approximate surface area is 99.6 Å². The molecule has 0 atom stereocenters. The molecule has 1 saturated heterocycles. The van der Waals surface area contributed by atoms with E-state index in [9.17, 15) is 8.78 Å². The summed E-state index contributed by atoms with van der Waals surface area (Å²) in [5.41, 5.74) is 0.449. The minimum Gasteiger partial charge on any atom is -0.357 e. The third kappa shape index (κ3) is 1.70. The highest BCUT2D eigenvalue weighted by Crippen LogP contribution is 2.65. The van der Waals surface area contributed by atoms with Crippen molar-refractivity contribution in [1.82, 2.24) is 4.98 Å². The van der Waals surface area contributed by atoms with Gasteiger partial charge in [0.1, 0.15) is 5.82 Å². The molecular formula is C13H16F2N2. The summed E-state index contributed by atoms with van der Waals surface area (Å²) in [6.45, 7) is 3.39. The number of halogens is 2. The fourth-order valence-corrected chi connectivity index (χ4v) is 2.73. The molecular weight excluding hydrogens is 222 g/mol. The lowest BCUT2D eigenvalue weighted by Crippen LogP contribution is -2.36. The maximum atomic E-state index is 13.2. The molecule has 2 nitrogen and oxygen atoms in total. The Morgan fingerprint density at radius 1 is 1.24 bits per heavy atom. The molecule has 2 fully saturated rings. The number of alkyl halides is 2. The van der Waals surface area contributed by atoms with Gasteiger partial charge in [-0.25, -0.2) is 13.8 Å². The van der Waals surface area contributed by atoms with Crippen molar-refractivity contribution in [3.8, 4) is 0 Å². The molecule has 3 rings (SSSR count). The van der Waals surface area contributed by atoms with Crippen molar-refractivity contribution in [2.45, 2.75) is 32.1 Å². The number of aromatic nitrogens is 1. The van der Waals surface area contributed by atoms with Crippen LogP contribution >= 0.6 is 0 Å². The van der Waals surface area contributed by atoms with Gasteiger partial charge in [0.15, 0.2) is 0 Å². The van der Waals surface area contributed by atoms with E-state index >= 15 is 0 Å². The zero-order valence-corrected chi connectivity index (χ0v) is 9.92. The van der Waals surface area contributed by atoms with Gasteiger partial charge in [-0.2, -0.15) is 0 Å². The Hall–Kier alpha value is -1.19. The van der Waals surface area contributed by atoms with E-state index in [-0.39, 0.29) is 6.42 Å². The summed E-state index contributed by atoms with van der Waals surface area (Å²) in [5.74, 6) is -1.49. The Bertz CT molecular complexity index is 420. The van der Waals surface area contributed by atoms with Crippen LogP contribution in [0.25, 0.3) is 0 Å². The zero-order valence-electron chi connectivity index (χ0n) is 9.92. The average molecular weight is 238 g/mol. The van der Waals surface area contributed by atoms with Gasteiger partial charge in [-0.15, -0.1) is 0 Å². The van der Waals surface area contributed by atoms with E-state index < -0.39 is 11.3 Å². The van der Waals surface area contributed by atoms with E-state index in [2.05, 4.69) is 9.88 Å². The van der Waals surface area contributed by atoms with Crippen LogP contribution in [0.15, 0.2) is 18.3 Å². The first-order valence-corrected chi connectivity index (χ1v) is 6.08. The van der Waals surface area contributed by atoms with Gasteiger partial charge in [-0.05, 0) is 31.4 Å². The lowest BCUT2D eigenvalue weighted by atomic mass is 9.93. The van der Waals surface area contributed by atoms with Crippen LogP contribution in [0.3, 0.4) is 0 Å². The van der Waals surface area contributed by atoms with Crippen LogP contribution in [0.1, 0.15) is 24.8 Å². The van der Waals surface area contributed by atoms with Crippen molar-refractivity contribution in [3.05, 3.63) is 23.9 Å². The first kappa shape index (κ1) is 10.9. The van der Waals surface area contributed by atoms with Gasteiger partial charge in [0.25, 0.3) is 5.92 Å². The molecule has 0 aromatic carbocycles. The molecule has 1 aromatic heterocycles. The summed E-state index contributed by atoms with van der Waals surface area (Å²) < 4.78 is 26.4. The van der Waals surface area contributed by atoms with Crippen molar-refractivity contribution in [2.75, 3.05) is 18.0 Å². The second-order valence-electron chi connectivity index (χ2n) is 5.34. The van der Waals surface area contributed by atoms with Gasteiger partial charge >= 0.3 is 0 Å². The second kappa shape index (κ2) is 3.40. The van der Waals surface area contributed by atoms with Crippen LogP contribution in [0, 0.1) is 12.3 Å². The van der Waals surface area contributed by atoms with E-state index in [1.165, 1.54) is 0 Å². The van der Waals surface area contributed by atoms with Crippen LogP contribution in [0.4, 0.5) is 14.6 Å². The summed E-state index contributed by atoms with van der Waals surface area (Å²) in [7, 11) is 0. The summed E-state index contributed by atoms with van der Waals surface area (Å²) in [6.07, 6.45) is 3.10. The highest BCUT2D eigenvalue weighted by molar-refractivity contribution is 5.40. The molecule has 0 amide bonds. The Kier molecular flexibility index (Phi) is 2.19. The molecule has 0 unspecified atom stereocenters. The van der Waals surface area contributed by atoms with Crippen molar-refractivity contribution in [1.29, 1.82) is 0 Å². The number of hydrogen-bond donors (Lipinski definition) is 0. The highest BCUT2D eigenvalue weighted by Gasteiger charge is 2.70. The highest BCUT2D eigenvalue weighted by atomic mass is 19.3. The SMILES string of the molecule is Cc1ccc(N2CCC3(CC2)CC3(F)F)nc1. The number of anilines is 1. The molecule has 0 bridgehead atoms. The van der Waals surface area contributed by atoms with E-state index in [0.29, 0.717) is 25.9 Å². The Balaban J connectivity index is 1.68. The molecule has 0 radical (unpaired) electrons. The van der Waals surface area contributed by atoms with Crippen LogP contribution in [0.2, 0.25) is 0 Å². The average Bonchev–Trinajstić information content (AvgIpc) is 2.82. The molecule has 2 heterocycles. The molecule has 1 aromatic rings. The van der Waals surface area contributed by atoms with E-state index in [1.807, 2.05) is 25.3 Å². The number of pyridine rings is 1. The standard InChI is InChI=1S/C13H16F2N2/c1-10-2-3-11(16-8-10)17-6-4-12(5-7-17)9-13(12,14)15/h2-3,8H,4-7,9H2,1H3. The zero-order chi connectivity index (χ0) is 12.1. The van der Waals surface area contributed by atoms with Gasteiger partial charge in [0.05, 0.1) is 0 Å². The Morgan fingerprint density at radius 3 is 2.35 bits per heavy atom. The van der Waals surface area contributed by atoms with Crippen LogP contribution in [0.5, 0.6) is 0 Å². The minimum atomic E-state index is -2.40. The largest absolute Gasteiger partial charge is 0.357 e. The van der Waals surface area contributed by atoms with Crippen molar-refractivity contribution < 1.29 is 8.78 Å². The smallest absolute Gasteiger partial charge is 0.254 e. The van der Waals surface area contributed by atoms with Gasteiger partial charge in [-0.1, -0.05) is 6.07 Å². The predicted octanol–water partition coefficient (Wildman–Crippen LogP) is 3.02. The number of aryl methyl sites for hydroxylation is 1. The fraction of sp³-hybridized carbons (Fsp3) is 0.615. The van der Waals surface area contributed by atoms with Crippen LogP contribution in [-0.2, 0) is 0 Å². The lowest BCUT2D eigenvalue weighted by Gasteiger charge is -2.33. The molecule has 92 valence electrons. The molecule has 1 spiro atoms. The Morgan fingerprint density at radius 2 is 1.88 bits per heavy atom. The number of nitrogens with zero attached hydrogens (tertiary/aromatic N) is 2. The molecule has 1 saturated carbocycles. The molecule has 17 heavy (non-hydrogen) atoms. The van der Waals surface area contributed by atoms with Crippen molar-refractivity contribution in [3.63, 3.8) is 0 Å². The number of rotatable bonds is 1. The summed E-state index contributed by atoms with van der Waals surface area (Å²) in [4.78, 5) is 6.46. The molecule has 1 aliphatic heterocycles. The lowest BCUT2D eigenvalue weighted by molar-refractivity contribution is 0.0536. The van der Waals surface area contributed by atoms with Gasteiger partial charge in [0.2, 0.25) is 0 Å². The minimum absolute atomic E-state index is 0.0924. The third-order valence-corrected chi connectivity index (χ3v) is 4.15. The summed E-state index contributed by atoms with van der Waals surface area (Å²) in [6, 6.07) is 3.98.